The van der Waals surface area contributed by atoms with E-state index in [0.29, 0.717) is 6.42 Å². The maximum Gasteiger partial charge on any atom is 0.412 e. The number of nitrogens with two attached hydrogens (primary N) is 1. The molecule has 0 saturated carbocycles. The zero-order valence-corrected chi connectivity index (χ0v) is 9.75. The maximum absolute atomic E-state index is 12.7. The van der Waals surface area contributed by atoms with Crippen LogP contribution < -0.4 is 11.1 Å². The van der Waals surface area contributed by atoms with E-state index in [9.17, 15) is 17.6 Å². The van der Waals surface area contributed by atoms with Crippen molar-refractivity contribution in [3.05, 3.63) is 23.8 Å². The molecule has 3 unspecified atom stereocenters. The predicted molar refractivity (Wildman–Crippen MR) is 60.7 cm³/mol. The molecule has 3 N–H and O–H groups in total. The number of allylic oxidation sites excluding steroid dienone is 1. The molecular weight excluding hydrogens is 248 g/mol. The van der Waals surface area contributed by atoms with Crippen molar-refractivity contribution in [2.45, 2.75) is 37.1 Å². The van der Waals surface area contributed by atoms with Crippen molar-refractivity contribution < 1.29 is 17.6 Å². The minimum Gasteiger partial charge on any atom is -0.327 e. The van der Waals surface area contributed by atoms with Crippen LogP contribution in [-0.2, 0) is 0 Å². The van der Waals surface area contributed by atoms with Gasteiger partial charge in [-0.05, 0) is 12.8 Å². The van der Waals surface area contributed by atoms with E-state index in [2.05, 4.69) is 5.32 Å². The average Bonchev–Trinajstić information content (AvgIpc) is 2.76. The fourth-order valence-corrected chi connectivity index (χ4v) is 2.51. The van der Waals surface area contributed by atoms with E-state index >= 15 is 0 Å². The minimum absolute atomic E-state index is 0.0376. The second-order valence-electron chi connectivity index (χ2n) is 4.81. The highest BCUT2D eigenvalue weighted by Gasteiger charge is 2.39. The van der Waals surface area contributed by atoms with Crippen LogP contribution in [0.4, 0.5) is 17.6 Å². The van der Waals surface area contributed by atoms with Crippen LogP contribution in [0.5, 0.6) is 0 Å². The molecule has 2 nitrogen and oxygen atoms in total. The highest BCUT2D eigenvalue weighted by Crippen LogP contribution is 2.36. The van der Waals surface area contributed by atoms with Gasteiger partial charge in [-0.3, -0.25) is 0 Å². The maximum atomic E-state index is 12.7. The first kappa shape index (κ1) is 13.5. The molecule has 0 fully saturated rings. The average molecular weight is 264 g/mol. The van der Waals surface area contributed by atoms with Crippen LogP contribution in [0.3, 0.4) is 0 Å². The molecular formula is C12H16F4N2. The van der Waals surface area contributed by atoms with Gasteiger partial charge in [0.25, 0.3) is 0 Å². The van der Waals surface area contributed by atoms with Gasteiger partial charge in [0.2, 0.25) is 0 Å². The third-order valence-electron chi connectivity index (χ3n) is 3.54. The molecule has 0 aromatic rings. The van der Waals surface area contributed by atoms with Crippen LogP contribution in [0.2, 0.25) is 0 Å². The minimum atomic E-state index is -4.29. The number of hydrogen-bond donors (Lipinski definition) is 2. The van der Waals surface area contributed by atoms with E-state index in [1.165, 1.54) is 6.08 Å². The zero-order valence-electron chi connectivity index (χ0n) is 9.75. The van der Waals surface area contributed by atoms with Crippen LogP contribution >= 0.6 is 0 Å². The van der Waals surface area contributed by atoms with Crippen molar-refractivity contribution in [3.8, 4) is 0 Å². The number of rotatable bonds is 2. The molecule has 2 rings (SSSR count). The summed E-state index contributed by atoms with van der Waals surface area (Å²) in [4.78, 5) is 0. The standard InChI is InChI=1S/C12H16F4N2/c13-6-8-2-4-11(18-8)9-5-7(12(14,15)16)1-3-10(9)17/h2,4-5,8-11,18H,1,3,6,17H2/t8?,9-,10?,11?/m1/s1. The molecule has 0 bridgehead atoms. The molecule has 6 heteroatoms. The molecule has 18 heavy (non-hydrogen) atoms. The summed E-state index contributed by atoms with van der Waals surface area (Å²) in [6.45, 7) is -0.565. The first-order valence-corrected chi connectivity index (χ1v) is 5.95. The number of alkyl halides is 4. The first-order valence-electron chi connectivity index (χ1n) is 5.95. The van der Waals surface area contributed by atoms with E-state index < -0.39 is 30.4 Å². The monoisotopic (exact) mass is 264 g/mol. The van der Waals surface area contributed by atoms with Crippen molar-refractivity contribution in [2.75, 3.05) is 6.67 Å². The van der Waals surface area contributed by atoms with Gasteiger partial charge in [-0.25, -0.2) is 4.39 Å². The SMILES string of the molecule is NC1CCC(C(F)(F)F)=C[C@H]1C1C=CC(CF)N1. The quantitative estimate of drug-likeness (QED) is 0.592. The van der Waals surface area contributed by atoms with E-state index in [0.717, 1.165) is 0 Å². The first-order chi connectivity index (χ1) is 8.41. The molecule has 0 spiro atoms. The molecule has 0 saturated heterocycles. The summed E-state index contributed by atoms with van der Waals surface area (Å²) < 4.78 is 50.5. The normalized spacial score (nSPS) is 36.8. The highest BCUT2D eigenvalue weighted by atomic mass is 19.4. The van der Waals surface area contributed by atoms with Gasteiger partial charge in [0.15, 0.2) is 0 Å². The Labute approximate surface area is 103 Å². The molecule has 102 valence electrons. The van der Waals surface area contributed by atoms with E-state index in [4.69, 9.17) is 5.73 Å². The molecule has 4 atom stereocenters. The molecule has 2 aliphatic rings. The molecule has 0 amide bonds. The third-order valence-corrected chi connectivity index (χ3v) is 3.54. The summed E-state index contributed by atoms with van der Waals surface area (Å²) in [7, 11) is 0. The van der Waals surface area contributed by atoms with Crippen LogP contribution in [0.25, 0.3) is 0 Å². The Morgan fingerprint density at radius 2 is 2.06 bits per heavy atom. The van der Waals surface area contributed by atoms with Crippen LogP contribution in [0, 0.1) is 5.92 Å². The molecule has 0 aromatic heterocycles. The second kappa shape index (κ2) is 5.01. The molecule has 1 aliphatic carbocycles. The van der Waals surface area contributed by atoms with Gasteiger partial charge in [0, 0.05) is 23.6 Å². The fourth-order valence-electron chi connectivity index (χ4n) is 2.51. The van der Waals surface area contributed by atoms with Crippen molar-refractivity contribution >= 4 is 0 Å². The lowest BCUT2D eigenvalue weighted by molar-refractivity contribution is -0.0959. The van der Waals surface area contributed by atoms with E-state index in [1.54, 1.807) is 12.2 Å². The van der Waals surface area contributed by atoms with Gasteiger partial charge < -0.3 is 11.1 Å². The van der Waals surface area contributed by atoms with Gasteiger partial charge in [-0.15, -0.1) is 0 Å². The Morgan fingerprint density at radius 3 is 2.61 bits per heavy atom. The van der Waals surface area contributed by atoms with Gasteiger partial charge in [-0.1, -0.05) is 18.2 Å². The topological polar surface area (TPSA) is 38.0 Å². The second-order valence-corrected chi connectivity index (χ2v) is 4.81. The lowest BCUT2D eigenvalue weighted by Crippen LogP contribution is -2.46. The zero-order chi connectivity index (χ0) is 13.3. The Bertz CT molecular complexity index is 362. The Morgan fingerprint density at radius 1 is 1.33 bits per heavy atom. The van der Waals surface area contributed by atoms with Gasteiger partial charge in [-0.2, -0.15) is 13.2 Å². The van der Waals surface area contributed by atoms with E-state index in [1.807, 2.05) is 0 Å². The Kier molecular flexibility index (Phi) is 3.77. The lowest BCUT2D eigenvalue weighted by Gasteiger charge is -2.32. The van der Waals surface area contributed by atoms with Crippen LogP contribution in [0.1, 0.15) is 12.8 Å². The van der Waals surface area contributed by atoms with Crippen molar-refractivity contribution in [1.29, 1.82) is 0 Å². The summed E-state index contributed by atoms with van der Waals surface area (Å²) >= 11 is 0. The largest absolute Gasteiger partial charge is 0.412 e. The lowest BCUT2D eigenvalue weighted by atomic mass is 9.82. The van der Waals surface area contributed by atoms with Crippen molar-refractivity contribution in [1.82, 2.24) is 5.32 Å². The molecule has 1 heterocycles. The predicted octanol–water partition coefficient (Wildman–Crippen LogP) is 2.08. The van der Waals surface area contributed by atoms with Crippen LogP contribution in [0.15, 0.2) is 23.8 Å². The summed E-state index contributed by atoms with van der Waals surface area (Å²) in [6, 6.07) is -1.04. The smallest absolute Gasteiger partial charge is 0.327 e. The van der Waals surface area contributed by atoms with Crippen molar-refractivity contribution in [2.24, 2.45) is 11.7 Å². The third kappa shape index (κ3) is 2.75. The molecule has 1 aliphatic heterocycles. The number of nitrogens with one attached hydrogen (secondary N) is 1. The van der Waals surface area contributed by atoms with Gasteiger partial charge in [0.1, 0.15) is 6.67 Å². The molecule has 0 aromatic carbocycles. The Balaban J connectivity index is 2.13. The van der Waals surface area contributed by atoms with Crippen LogP contribution in [-0.4, -0.2) is 31.0 Å². The van der Waals surface area contributed by atoms with Gasteiger partial charge >= 0.3 is 6.18 Å². The fraction of sp³-hybridized carbons (Fsp3) is 0.667. The van der Waals surface area contributed by atoms with Gasteiger partial charge in [0.05, 0.1) is 6.04 Å². The summed E-state index contributed by atoms with van der Waals surface area (Å²) in [5.41, 5.74) is 5.35. The summed E-state index contributed by atoms with van der Waals surface area (Å²) in [5.74, 6) is -0.428. The van der Waals surface area contributed by atoms with Crippen molar-refractivity contribution in [3.63, 3.8) is 0 Å². The number of hydrogen-bond acceptors (Lipinski definition) is 2. The van der Waals surface area contributed by atoms with E-state index in [-0.39, 0.29) is 18.5 Å². The Hall–Kier alpha value is -0.880. The summed E-state index contributed by atoms with van der Waals surface area (Å²) in [6.07, 6.45) is 0.543. The summed E-state index contributed by atoms with van der Waals surface area (Å²) in [5, 5.41) is 2.93. The number of halogens is 4. The molecule has 0 radical (unpaired) electrons. The highest BCUT2D eigenvalue weighted by molar-refractivity contribution is 5.22.